The highest BCUT2D eigenvalue weighted by atomic mass is 79.9. The molecule has 2 aromatic carbocycles. The predicted molar refractivity (Wildman–Crippen MR) is 107 cm³/mol. The Hall–Kier alpha value is -2.86. The minimum absolute atomic E-state index is 0.232. The van der Waals surface area contributed by atoms with Crippen LogP contribution in [0.25, 0.3) is 0 Å². The van der Waals surface area contributed by atoms with Gasteiger partial charge >= 0.3 is 0 Å². The summed E-state index contributed by atoms with van der Waals surface area (Å²) >= 11 is 3.42. The molecule has 3 aromatic rings. The number of hydrogen-bond acceptors (Lipinski definition) is 4. The Morgan fingerprint density at radius 3 is 2.07 bits per heavy atom. The van der Waals surface area contributed by atoms with Crippen molar-refractivity contribution in [3.05, 3.63) is 88.2 Å². The third kappa shape index (κ3) is 4.28. The molecule has 0 bridgehead atoms. The van der Waals surface area contributed by atoms with Gasteiger partial charge in [-0.2, -0.15) is 0 Å². The summed E-state index contributed by atoms with van der Waals surface area (Å²) in [6.07, 6.45) is 3.42. The second kappa shape index (κ2) is 8.68. The number of rotatable bonds is 6. The minimum Gasteiger partial charge on any atom is -0.495 e. The van der Waals surface area contributed by atoms with Crippen molar-refractivity contribution >= 4 is 21.8 Å². The molecule has 1 unspecified atom stereocenters. The van der Waals surface area contributed by atoms with Gasteiger partial charge in [0.1, 0.15) is 16.0 Å². The van der Waals surface area contributed by atoms with E-state index in [1.165, 1.54) is 0 Å². The largest absolute Gasteiger partial charge is 0.495 e. The molecule has 1 atom stereocenters. The van der Waals surface area contributed by atoms with Crippen LogP contribution in [0.15, 0.2) is 71.5 Å². The zero-order valence-electron chi connectivity index (χ0n) is 15.0. The zero-order chi connectivity index (χ0) is 19.2. The third-order valence-corrected chi connectivity index (χ3v) is 4.94. The second-order valence-corrected chi connectivity index (χ2v) is 6.59. The van der Waals surface area contributed by atoms with Crippen LogP contribution in [-0.4, -0.2) is 25.1 Å². The topological polar surface area (TPSA) is 60.5 Å². The molecule has 1 aromatic heterocycles. The van der Waals surface area contributed by atoms with Gasteiger partial charge in [-0.25, -0.2) is 0 Å². The Labute approximate surface area is 166 Å². The van der Waals surface area contributed by atoms with Crippen LogP contribution in [0.1, 0.15) is 27.5 Å². The van der Waals surface area contributed by atoms with Crippen LogP contribution in [0.3, 0.4) is 0 Å². The van der Waals surface area contributed by atoms with Crippen molar-refractivity contribution < 1.29 is 14.3 Å². The lowest BCUT2D eigenvalue weighted by atomic mass is 9.99. The van der Waals surface area contributed by atoms with E-state index in [4.69, 9.17) is 9.47 Å². The van der Waals surface area contributed by atoms with E-state index in [1.54, 1.807) is 38.7 Å². The van der Waals surface area contributed by atoms with Crippen molar-refractivity contribution in [2.75, 3.05) is 14.2 Å². The van der Waals surface area contributed by atoms with E-state index in [0.717, 1.165) is 11.1 Å². The van der Waals surface area contributed by atoms with E-state index in [2.05, 4.69) is 26.2 Å². The summed E-state index contributed by atoms with van der Waals surface area (Å²) in [4.78, 5) is 17.1. The molecule has 0 radical (unpaired) electrons. The highest BCUT2D eigenvalue weighted by molar-refractivity contribution is 9.10. The van der Waals surface area contributed by atoms with Gasteiger partial charge in [0.15, 0.2) is 0 Å². The Kier molecular flexibility index (Phi) is 6.08. The maximum atomic E-state index is 13.0. The molecule has 6 heteroatoms. The molecular formula is C21H19BrN2O3. The van der Waals surface area contributed by atoms with Crippen molar-refractivity contribution in [2.45, 2.75) is 6.04 Å². The molecule has 5 nitrogen and oxygen atoms in total. The van der Waals surface area contributed by atoms with Gasteiger partial charge in [0.2, 0.25) is 0 Å². The molecule has 0 fully saturated rings. The molecule has 0 saturated carbocycles. The van der Waals surface area contributed by atoms with Crippen LogP contribution in [0.5, 0.6) is 11.5 Å². The van der Waals surface area contributed by atoms with Crippen molar-refractivity contribution in [2.24, 2.45) is 0 Å². The number of carbonyl (C=O) groups is 1. The van der Waals surface area contributed by atoms with Gasteiger partial charge in [0.05, 0.1) is 20.3 Å². The summed E-state index contributed by atoms with van der Waals surface area (Å²) in [6, 6.07) is 16.6. The van der Waals surface area contributed by atoms with Crippen LogP contribution in [0.4, 0.5) is 0 Å². The van der Waals surface area contributed by atoms with Gasteiger partial charge in [-0.1, -0.05) is 30.3 Å². The van der Waals surface area contributed by atoms with E-state index in [9.17, 15) is 4.79 Å². The van der Waals surface area contributed by atoms with E-state index in [0.29, 0.717) is 21.5 Å². The maximum Gasteiger partial charge on any atom is 0.252 e. The number of carbonyl (C=O) groups excluding carboxylic acids is 1. The van der Waals surface area contributed by atoms with Crippen molar-refractivity contribution in [3.8, 4) is 11.5 Å². The molecule has 138 valence electrons. The van der Waals surface area contributed by atoms with Crippen LogP contribution in [0.2, 0.25) is 0 Å². The molecule has 27 heavy (non-hydrogen) atoms. The van der Waals surface area contributed by atoms with Crippen molar-refractivity contribution in [1.29, 1.82) is 0 Å². The lowest BCUT2D eigenvalue weighted by molar-refractivity contribution is 0.0942. The predicted octanol–water partition coefficient (Wildman–Crippen LogP) is 4.38. The second-order valence-electron chi connectivity index (χ2n) is 5.79. The quantitative estimate of drug-likeness (QED) is 0.635. The molecule has 0 saturated heterocycles. The standard InChI is InChI=1S/C21H19BrN2O3/c1-26-17-12-16(13-18(27-2)19(17)22)21(25)24-20(14-6-4-3-5-7-14)15-8-10-23-11-9-15/h3-13,20H,1-2H3,(H,24,25). The van der Waals surface area contributed by atoms with Gasteiger partial charge in [0.25, 0.3) is 5.91 Å². The summed E-state index contributed by atoms with van der Waals surface area (Å²) in [5.41, 5.74) is 2.37. The van der Waals surface area contributed by atoms with E-state index in [1.807, 2.05) is 42.5 Å². The van der Waals surface area contributed by atoms with Crippen molar-refractivity contribution in [3.63, 3.8) is 0 Å². The van der Waals surface area contributed by atoms with E-state index >= 15 is 0 Å². The molecule has 1 heterocycles. The minimum atomic E-state index is -0.303. The van der Waals surface area contributed by atoms with Gasteiger partial charge in [-0.15, -0.1) is 0 Å². The molecule has 0 aliphatic carbocycles. The molecule has 1 amide bonds. The van der Waals surface area contributed by atoms with Gasteiger partial charge in [-0.05, 0) is 51.3 Å². The first-order valence-electron chi connectivity index (χ1n) is 8.31. The number of methoxy groups -OCH3 is 2. The number of ether oxygens (including phenoxy) is 2. The smallest absolute Gasteiger partial charge is 0.252 e. The summed E-state index contributed by atoms with van der Waals surface area (Å²) in [5, 5.41) is 3.09. The first-order valence-corrected chi connectivity index (χ1v) is 9.10. The fourth-order valence-electron chi connectivity index (χ4n) is 2.78. The highest BCUT2D eigenvalue weighted by Crippen LogP contribution is 2.36. The fourth-order valence-corrected chi connectivity index (χ4v) is 3.33. The Morgan fingerprint density at radius 1 is 0.963 bits per heavy atom. The molecule has 3 rings (SSSR count). The number of nitrogens with zero attached hydrogens (tertiary/aromatic N) is 1. The summed E-state index contributed by atoms with van der Waals surface area (Å²) in [5.74, 6) is 0.823. The average Bonchev–Trinajstić information content (AvgIpc) is 2.73. The maximum absolute atomic E-state index is 13.0. The first kappa shape index (κ1) is 18.9. The lowest BCUT2D eigenvalue weighted by Crippen LogP contribution is -2.29. The number of hydrogen-bond donors (Lipinski definition) is 1. The highest BCUT2D eigenvalue weighted by Gasteiger charge is 2.20. The Bertz CT molecular complexity index is 853. The number of amides is 1. The zero-order valence-corrected chi connectivity index (χ0v) is 16.6. The Balaban J connectivity index is 1.96. The summed E-state index contributed by atoms with van der Waals surface area (Å²) < 4.78 is 11.3. The molecule has 0 aliphatic rings. The number of aromatic nitrogens is 1. The monoisotopic (exact) mass is 426 g/mol. The SMILES string of the molecule is COc1cc(C(=O)NC(c2ccccc2)c2ccncc2)cc(OC)c1Br. The van der Waals surface area contributed by atoms with E-state index in [-0.39, 0.29) is 11.9 Å². The van der Waals surface area contributed by atoms with E-state index < -0.39 is 0 Å². The van der Waals surface area contributed by atoms with Crippen LogP contribution in [-0.2, 0) is 0 Å². The molecule has 1 N–H and O–H groups in total. The average molecular weight is 427 g/mol. The Morgan fingerprint density at radius 2 is 1.52 bits per heavy atom. The number of halogens is 1. The first-order chi connectivity index (χ1) is 13.1. The number of pyridine rings is 1. The molecule has 0 spiro atoms. The van der Waals surface area contributed by atoms with Crippen molar-refractivity contribution in [1.82, 2.24) is 10.3 Å². The third-order valence-electron chi connectivity index (χ3n) is 4.16. The van der Waals surface area contributed by atoms with Crippen LogP contribution < -0.4 is 14.8 Å². The number of nitrogens with one attached hydrogen (secondary N) is 1. The molecular weight excluding hydrogens is 408 g/mol. The van der Waals surface area contributed by atoms with Crippen LogP contribution in [0, 0.1) is 0 Å². The lowest BCUT2D eigenvalue weighted by Gasteiger charge is -2.20. The normalized spacial score (nSPS) is 11.5. The fraction of sp³-hybridized carbons (Fsp3) is 0.143. The summed E-state index contributed by atoms with van der Waals surface area (Å²) in [6.45, 7) is 0. The number of benzene rings is 2. The van der Waals surface area contributed by atoms with Gasteiger partial charge in [0, 0.05) is 18.0 Å². The molecule has 0 aliphatic heterocycles. The summed E-state index contributed by atoms with van der Waals surface area (Å²) in [7, 11) is 3.09. The van der Waals surface area contributed by atoms with Gasteiger partial charge < -0.3 is 14.8 Å². The van der Waals surface area contributed by atoms with Gasteiger partial charge in [-0.3, -0.25) is 9.78 Å². The van der Waals surface area contributed by atoms with Crippen LogP contribution >= 0.6 is 15.9 Å².